The molecular weight excluding hydrogens is 122 g/mol. The predicted octanol–water partition coefficient (Wildman–Crippen LogP) is 2.56. The summed E-state index contributed by atoms with van der Waals surface area (Å²) in [6.45, 7) is 4.46. The first-order valence-electron chi connectivity index (χ1n) is 4.55. The maximum Gasteiger partial charge on any atom is 0.00694 e. The van der Waals surface area contributed by atoms with E-state index in [1.165, 1.54) is 32.1 Å². The van der Waals surface area contributed by atoms with Crippen LogP contribution in [0.1, 0.15) is 47.4 Å². The molecule has 1 heteroatoms. The van der Waals surface area contributed by atoms with Crippen LogP contribution in [0.5, 0.6) is 0 Å². The van der Waals surface area contributed by atoms with E-state index in [0.29, 0.717) is 6.04 Å². The lowest BCUT2D eigenvalue weighted by Gasteiger charge is -2.24. The van der Waals surface area contributed by atoms with Gasteiger partial charge in [-0.25, -0.2) is 0 Å². The topological polar surface area (TPSA) is 12.0 Å². The van der Waals surface area contributed by atoms with Crippen LogP contribution in [0, 0.1) is 0 Å². The molecule has 1 aliphatic carbocycles. The molecule has 10 heavy (non-hydrogen) atoms. The van der Waals surface area contributed by atoms with Crippen LogP contribution in [0.4, 0.5) is 0 Å². The van der Waals surface area contributed by atoms with E-state index in [1.807, 2.05) is 0 Å². The molecule has 0 aliphatic heterocycles. The number of hydrogen-bond donors (Lipinski definition) is 1. The Morgan fingerprint density at radius 2 is 1.80 bits per heavy atom. The Hall–Kier alpha value is -0.0400. The minimum atomic E-state index is 0. The molecular formula is C9H21N. The Balaban J connectivity index is 0.000001000. The van der Waals surface area contributed by atoms with Gasteiger partial charge in [-0.2, -0.15) is 0 Å². The lowest BCUT2D eigenvalue weighted by Crippen LogP contribution is -2.35. The average Bonchev–Trinajstić information content (AvgIpc) is 1.88. The van der Waals surface area contributed by atoms with Crippen LogP contribution in [0.2, 0.25) is 0 Å². The van der Waals surface area contributed by atoms with Crippen LogP contribution in [-0.4, -0.2) is 12.1 Å². The second kappa shape index (κ2) is 3.97. The van der Waals surface area contributed by atoms with Crippen molar-refractivity contribution in [3.05, 3.63) is 0 Å². The van der Waals surface area contributed by atoms with E-state index in [4.69, 9.17) is 0 Å². The molecule has 0 aromatic rings. The third kappa shape index (κ3) is 2.70. The summed E-state index contributed by atoms with van der Waals surface area (Å²) < 4.78 is 0. The SMILES string of the molecule is CC(C)NC1CCCCC1.[HH]. The molecule has 0 radical (unpaired) electrons. The van der Waals surface area contributed by atoms with Gasteiger partial charge in [0.2, 0.25) is 0 Å². The predicted molar refractivity (Wildman–Crippen MR) is 47.3 cm³/mol. The number of rotatable bonds is 2. The minimum Gasteiger partial charge on any atom is -0.312 e. The van der Waals surface area contributed by atoms with E-state index in [-0.39, 0.29) is 1.43 Å². The van der Waals surface area contributed by atoms with Crippen molar-refractivity contribution in [2.45, 2.75) is 58.0 Å². The Morgan fingerprint density at radius 1 is 1.20 bits per heavy atom. The molecule has 0 spiro atoms. The fourth-order valence-corrected chi connectivity index (χ4v) is 1.74. The van der Waals surface area contributed by atoms with Crippen molar-refractivity contribution in [3.63, 3.8) is 0 Å². The van der Waals surface area contributed by atoms with E-state index in [9.17, 15) is 0 Å². The largest absolute Gasteiger partial charge is 0.312 e. The highest BCUT2D eigenvalue weighted by atomic mass is 14.9. The molecule has 1 N–H and O–H groups in total. The fourth-order valence-electron chi connectivity index (χ4n) is 1.74. The van der Waals surface area contributed by atoms with Gasteiger partial charge in [-0.15, -0.1) is 0 Å². The second-order valence-corrected chi connectivity index (χ2v) is 3.66. The summed E-state index contributed by atoms with van der Waals surface area (Å²) in [6.07, 6.45) is 7.13. The van der Waals surface area contributed by atoms with Crippen molar-refractivity contribution in [2.75, 3.05) is 0 Å². The maximum absolute atomic E-state index is 3.58. The first-order valence-corrected chi connectivity index (χ1v) is 4.55. The highest BCUT2D eigenvalue weighted by Gasteiger charge is 2.12. The second-order valence-electron chi connectivity index (χ2n) is 3.66. The number of hydrogen-bond acceptors (Lipinski definition) is 1. The summed E-state index contributed by atoms with van der Waals surface area (Å²) in [5.74, 6) is 0. The molecule has 0 bridgehead atoms. The van der Waals surface area contributed by atoms with Gasteiger partial charge in [-0.1, -0.05) is 33.1 Å². The van der Waals surface area contributed by atoms with Crippen LogP contribution in [0.25, 0.3) is 0 Å². The van der Waals surface area contributed by atoms with Gasteiger partial charge in [0.15, 0.2) is 0 Å². The van der Waals surface area contributed by atoms with Crippen LogP contribution < -0.4 is 5.32 Å². The molecule has 0 heterocycles. The summed E-state index contributed by atoms with van der Waals surface area (Å²) in [7, 11) is 0. The van der Waals surface area contributed by atoms with Crippen LogP contribution in [0.15, 0.2) is 0 Å². The Labute approximate surface area is 65.7 Å². The van der Waals surface area contributed by atoms with Gasteiger partial charge < -0.3 is 5.32 Å². The van der Waals surface area contributed by atoms with Crippen molar-refractivity contribution in [2.24, 2.45) is 0 Å². The monoisotopic (exact) mass is 143 g/mol. The molecule has 1 rings (SSSR count). The Bertz CT molecular complexity index is 87.6. The summed E-state index contributed by atoms with van der Waals surface area (Å²) in [6, 6.07) is 1.50. The zero-order valence-corrected chi connectivity index (χ0v) is 7.19. The van der Waals surface area contributed by atoms with Crippen molar-refractivity contribution < 1.29 is 1.43 Å². The van der Waals surface area contributed by atoms with Gasteiger partial charge in [0.25, 0.3) is 0 Å². The highest BCUT2D eigenvalue weighted by Crippen LogP contribution is 2.17. The zero-order valence-electron chi connectivity index (χ0n) is 7.19. The molecule has 0 saturated heterocycles. The third-order valence-corrected chi connectivity index (χ3v) is 2.17. The first-order chi connectivity index (χ1) is 4.79. The molecule has 1 saturated carbocycles. The smallest absolute Gasteiger partial charge is 0.00694 e. The fraction of sp³-hybridized carbons (Fsp3) is 1.00. The van der Waals surface area contributed by atoms with Crippen molar-refractivity contribution in [1.29, 1.82) is 0 Å². The first kappa shape index (κ1) is 8.06. The molecule has 62 valence electrons. The molecule has 0 unspecified atom stereocenters. The van der Waals surface area contributed by atoms with Crippen LogP contribution in [-0.2, 0) is 0 Å². The third-order valence-electron chi connectivity index (χ3n) is 2.17. The van der Waals surface area contributed by atoms with Crippen LogP contribution in [0.3, 0.4) is 0 Å². The Kier molecular flexibility index (Phi) is 3.20. The van der Waals surface area contributed by atoms with E-state index in [0.717, 1.165) is 6.04 Å². The molecule has 0 amide bonds. The molecule has 0 atom stereocenters. The summed E-state index contributed by atoms with van der Waals surface area (Å²) >= 11 is 0. The standard InChI is InChI=1S/C9H19N.H2/c1-8(2)10-9-6-4-3-5-7-9;/h8-10H,3-7H2,1-2H3;1H. The van der Waals surface area contributed by atoms with E-state index < -0.39 is 0 Å². The molecule has 0 aromatic carbocycles. The summed E-state index contributed by atoms with van der Waals surface area (Å²) in [4.78, 5) is 0. The normalized spacial score (nSPS) is 21.9. The molecule has 1 fully saturated rings. The summed E-state index contributed by atoms with van der Waals surface area (Å²) in [5.41, 5.74) is 0. The van der Waals surface area contributed by atoms with Gasteiger partial charge in [0, 0.05) is 13.5 Å². The average molecular weight is 143 g/mol. The van der Waals surface area contributed by atoms with Crippen LogP contribution >= 0.6 is 0 Å². The van der Waals surface area contributed by atoms with Gasteiger partial charge in [0.1, 0.15) is 0 Å². The molecule has 1 nitrogen and oxygen atoms in total. The van der Waals surface area contributed by atoms with Crippen molar-refractivity contribution in [1.82, 2.24) is 5.32 Å². The number of nitrogens with one attached hydrogen (secondary N) is 1. The Morgan fingerprint density at radius 3 is 2.30 bits per heavy atom. The quantitative estimate of drug-likeness (QED) is 0.626. The van der Waals surface area contributed by atoms with Gasteiger partial charge >= 0.3 is 0 Å². The zero-order chi connectivity index (χ0) is 7.40. The lowest BCUT2D eigenvalue weighted by atomic mass is 9.95. The highest BCUT2D eigenvalue weighted by molar-refractivity contribution is 4.73. The van der Waals surface area contributed by atoms with Gasteiger partial charge in [0.05, 0.1) is 0 Å². The van der Waals surface area contributed by atoms with E-state index in [2.05, 4.69) is 19.2 Å². The maximum atomic E-state index is 3.58. The van der Waals surface area contributed by atoms with Gasteiger partial charge in [-0.05, 0) is 12.8 Å². The van der Waals surface area contributed by atoms with Gasteiger partial charge in [-0.3, -0.25) is 0 Å². The lowest BCUT2D eigenvalue weighted by molar-refractivity contribution is 0.352. The van der Waals surface area contributed by atoms with E-state index in [1.54, 1.807) is 0 Å². The van der Waals surface area contributed by atoms with E-state index >= 15 is 0 Å². The van der Waals surface area contributed by atoms with Crippen molar-refractivity contribution >= 4 is 0 Å². The molecule has 1 aliphatic rings. The summed E-state index contributed by atoms with van der Waals surface area (Å²) in [5, 5.41) is 3.58. The van der Waals surface area contributed by atoms with Crippen molar-refractivity contribution in [3.8, 4) is 0 Å². The molecule has 0 aromatic heterocycles. The minimum absolute atomic E-state index is 0.